The van der Waals surface area contributed by atoms with Crippen molar-refractivity contribution in [3.8, 4) is 17.3 Å². The van der Waals surface area contributed by atoms with Gasteiger partial charge >= 0.3 is 5.97 Å². The van der Waals surface area contributed by atoms with Crippen LogP contribution in [0.25, 0.3) is 11.3 Å². The molecule has 0 radical (unpaired) electrons. The van der Waals surface area contributed by atoms with Gasteiger partial charge in [0.05, 0.1) is 11.8 Å². The minimum Gasteiger partial charge on any atom is -0.456 e. The minimum atomic E-state index is -0.814. The van der Waals surface area contributed by atoms with Crippen LogP contribution in [0.2, 0.25) is 5.02 Å². The maximum absolute atomic E-state index is 12.0. The first-order valence-electron chi connectivity index (χ1n) is 8.48. The van der Waals surface area contributed by atoms with E-state index in [1.165, 1.54) is 11.3 Å². The van der Waals surface area contributed by atoms with E-state index in [1.54, 1.807) is 31.2 Å². The fraction of sp³-hybridized carbons (Fsp3) is 0.190. The molecule has 0 aliphatic carbocycles. The molecule has 0 saturated heterocycles. The molecule has 0 fully saturated rings. The van der Waals surface area contributed by atoms with Crippen molar-refractivity contribution < 1.29 is 9.53 Å². The van der Waals surface area contributed by atoms with Gasteiger partial charge in [0, 0.05) is 28.0 Å². The van der Waals surface area contributed by atoms with Crippen molar-refractivity contribution in [2.45, 2.75) is 25.4 Å². The van der Waals surface area contributed by atoms with Gasteiger partial charge in [-0.15, -0.1) is 11.3 Å². The first-order valence-corrected chi connectivity index (χ1v) is 9.74. The molecule has 0 bridgehead atoms. The van der Waals surface area contributed by atoms with Crippen LogP contribution in [-0.2, 0) is 9.53 Å². The van der Waals surface area contributed by atoms with Gasteiger partial charge in [0.2, 0.25) is 0 Å². The summed E-state index contributed by atoms with van der Waals surface area (Å²) in [6.07, 6.45) is -0.599. The highest BCUT2D eigenvalue weighted by Crippen LogP contribution is 2.39. The van der Waals surface area contributed by atoms with E-state index >= 15 is 0 Å². The number of nitriles is 1. The Kier molecular flexibility index (Phi) is 6.23. The minimum absolute atomic E-state index is 0.215. The normalized spacial score (nSPS) is 12.8. The Labute approximate surface area is 167 Å². The number of esters is 1. The molecule has 0 aliphatic rings. The van der Waals surface area contributed by atoms with Gasteiger partial charge in [-0.1, -0.05) is 67.1 Å². The second kappa shape index (κ2) is 8.81. The molecule has 1 aromatic heterocycles. The van der Waals surface area contributed by atoms with Gasteiger partial charge in [-0.05, 0) is 6.07 Å². The molecule has 27 heavy (non-hydrogen) atoms. The van der Waals surface area contributed by atoms with Crippen LogP contribution in [0.5, 0.6) is 0 Å². The van der Waals surface area contributed by atoms with Crippen LogP contribution in [0, 0.1) is 11.3 Å². The largest absolute Gasteiger partial charge is 0.456 e. The maximum Gasteiger partial charge on any atom is 0.306 e. The molecule has 3 rings (SSSR count). The number of ether oxygens (including phenoxy) is 1. The lowest BCUT2D eigenvalue weighted by atomic mass is 9.97. The first-order chi connectivity index (χ1) is 13.1. The second-order valence-electron chi connectivity index (χ2n) is 5.83. The van der Waals surface area contributed by atoms with Crippen LogP contribution < -0.4 is 0 Å². The third-order valence-corrected chi connectivity index (χ3v) is 5.33. The summed E-state index contributed by atoms with van der Waals surface area (Å²) in [5, 5.41) is 12.8. The number of carbonyl (C=O) groups excluding carboxylic acids is 1. The van der Waals surface area contributed by atoms with Gasteiger partial charge in [-0.25, -0.2) is 4.98 Å². The van der Waals surface area contributed by atoms with Gasteiger partial charge in [0.1, 0.15) is 10.9 Å². The van der Waals surface area contributed by atoms with Crippen molar-refractivity contribution in [2.75, 3.05) is 0 Å². The van der Waals surface area contributed by atoms with E-state index in [9.17, 15) is 10.1 Å². The predicted molar refractivity (Wildman–Crippen MR) is 106 cm³/mol. The quantitative estimate of drug-likeness (QED) is 0.496. The smallest absolute Gasteiger partial charge is 0.306 e. The lowest BCUT2D eigenvalue weighted by Gasteiger charge is -2.22. The highest BCUT2D eigenvalue weighted by molar-refractivity contribution is 7.10. The molecule has 2 aromatic carbocycles. The Morgan fingerprint density at radius 2 is 1.93 bits per heavy atom. The van der Waals surface area contributed by atoms with Crippen molar-refractivity contribution in [1.82, 2.24) is 4.98 Å². The average Bonchev–Trinajstić information content (AvgIpc) is 3.18. The Hall–Kier alpha value is -2.68. The Bertz CT molecular complexity index is 966. The number of carbonyl (C=O) groups is 1. The van der Waals surface area contributed by atoms with Crippen molar-refractivity contribution in [3.63, 3.8) is 0 Å². The molecule has 0 amide bonds. The standard InChI is InChI=1S/C21H17ClN2O2S/c1-2-19(25)26-20(15-10-6-7-11-17(15)22)16(12-23)21-24-18(13-27-21)14-8-4-3-5-9-14/h3-11,13,16,20H,2H2,1H3. The number of halogens is 1. The number of thiazole rings is 1. The molecule has 1 heterocycles. The molecular formula is C21H17ClN2O2S. The molecule has 0 N–H and O–H groups in total. The van der Waals surface area contributed by atoms with Crippen LogP contribution in [0.3, 0.4) is 0 Å². The number of benzene rings is 2. The summed E-state index contributed by atoms with van der Waals surface area (Å²) in [5.74, 6) is -1.14. The molecule has 6 heteroatoms. The zero-order valence-corrected chi connectivity index (χ0v) is 16.2. The Morgan fingerprint density at radius 3 is 2.59 bits per heavy atom. The number of aromatic nitrogens is 1. The van der Waals surface area contributed by atoms with E-state index in [0.717, 1.165) is 11.3 Å². The van der Waals surface area contributed by atoms with Crippen molar-refractivity contribution in [3.05, 3.63) is 75.6 Å². The van der Waals surface area contributed by atoms with Gasteiger partial charge in [0.15, 0.2) is 6.10 Å². The number of nitrogens with zero attached hydrogens (tertiary/aromatic N) is 2. The molecule has 4 nitrogen and oxygen atoms in total. The summed E-state index contributed by atoms with van der Waals surface area (Å²) >= 11 is 7.69. The highest BCUT2D eigenvalue weighted by atomic mass is 35.5. The lowest BCUT2D eigenvalue weighted by Crippen LogP contribution is -2.18. The summed E-state index contributed by atoms with van der Waals surface area (Å²) in [5.41, 5.74) is 2.36. The van der Waals surface area contributed by atoms with Gasteiger partial charge in [0.25, 0.3) is 0 Å². The first kappa shape index (κ1) is 19.1. The highest BCUT2D eigenvalue weighted by Gasteiger charge is 2.32. The molecule has 0 saturated carbocycles. The Balaban J connectivity index is 1.99. The van der Waals surface area contributed by atoms with E-state index in [1.807, 2.05) is 35.7 Å². The average molecular weight is 397 g/mol. The van der Waals surface area contributed by atoms with Gasteiger partial charge in [-0.2, -0.15) is 5.26 Å². The fourth-order valence-electron chi connectivity index (χ4n) is 2.67. The van der Waals surface area contributed by atoms with Gasteiger partial charge in [-0.3, -0.25) is 4.79 Å². The molecular weight excluding hydrogens is 380 g/mol. The van der Waals surface area contributed by atoms with Crippen LogP contribution >= 0.6 is 22.9 Å². The van der Waals surface area contributed by atoms with Crippen molar-refractivity contribution >= 4 is 28.9 Å². The monoisotopic (exact) mass is 396 g/mol. The summed E-state index contributed by atoms with van der Waals surface area (Å²) in [7, 11) is 0. The molecule has 2 atom stereocenters. The van der Waals surface area contributed by atoms with E-state index in [0.29, 0.717) is 15.6 Å². The number of hydrogen-bond donors (Lipinski definition) is 0. The maximum atomic E-state index is 12.0. The SMILES string of the molecule is CCC(=O)OC(c1ccccc1Cl)C(C#N)c1nc(-c2ccccc2)cs1. The van der Waals surface area contributed by atoms with Crippen molar-refractivity contribution in [2.24, 2.45) is 0 Å². The van der Waals surface area contributed by atoms with Crippen LogP contribution in [-0.4, -0.2) is 11.0 Å². The summed E-state index contributed by atoms with van der Waals surface area (Å²) < 4.78 is 5.61. The molecule has 2 unspecified atom stereocenters. The zero-order chi connectivity index (χ0) is 19.2. The van der Waals surface area contributed by atoms with Crippen LogP contribution in [0.1, 0.15) is 35.9 Å². The summed E-state index contributed by atoms with van der Waals surface area (Å²) in [6, 6.07) is 19.1. The van der Waals surface area contributed by atoms with E-state index in [4.69, 9.17) is 16.3 Å². The van der Waals surface area contributed by atoms with Crippen LogP contribution in [0.4, 0.5) is 0 Å². The molecule has 0 spiro atoms. The fourth-order valence-corrected chi connectivity index (χ4v) is 3.80. The molecule has 3 aromatic rings. The number of hydrogen-bond acceptors (Lipinski definition) is 5. The lowest BCUT2D eigenvalue weighted by molar-refractivity contribution is -0.149. The third kappa shape index (κ3) is 4.36. The van der Waals surface area contributed by atoms with E-state index < -0.39 is 12.0 Å². The second-order valence-corrected chi connectivity index (χ2v) is 7.13. The van der Waals surface area contributed by atoms with E-state index in [-0.39, 0.29) is 12.4 Å². The molecule has 0 aliphatic heterocycles. The zero-order valence-electron chi connectivity index (χ0n) is 14.6. The summed E-state index contributed by atoms with van der Waals surface area (Å²) in [6.45, 7) is 1.71. The van der Waals surface area contributed by atoms with Crippen molar-refractivity contribution in [1.29, 1.82) is 5.26 Å². The summed E-state index contributed by atoms with van der Waals surface area (Å²) in [4.78, 5) is 16.6. The number of rotatable bonds is 6. The predicted octanol–water partition coefficient (Wildman–Crippen LogP) is 5.77. The molecule has 136 valence electrons. The Morgan fingerprint density at radius 1 is 1.22 bits per heavy atom. The van der Waals surface area contributed by atoms with E-state index in [2.05, 4.69) is 11.1 Å². The van der Waals surface area contributed by atoms with Gasteiger partial charge < -0.3 is 4.74 Å². The van der Waals surface area contributed by atoms with Crippen LogP contribution in [0.15, 0.2) is 60.0 Å². The third-order valence-electron chi connectivity index (χ3n) is 4.06. The topological polar surface area (TPSA) is 63.0 Å².